The molecule has 2 rings (SSSR count). The Morgan fingerprint density at radius 1 is 0.952 bits per heavy atom. The van der Waals surface area contributed by atoms with Gasteiger partial charge in [-0.25, -0.2) is 4.90 Å². The van der Waals surface area contributed by atoms with E-state index in [-0.39, 0.29) is 18.8 Å². The molecule has 0 bridgehead atoms. The summed E-state index contributed by atoms with van der Waals surface area (Å²) in [6, 6.07) is 3.82. The van der Waals surface area contributed by atoms with Crippen molar-refractivity contribution in [1.82, 2.24) is 0 Å². The van der Waals surface area contributed by atoms with Crippen molar-refractivity contribution in [2.24, 2.45) is 23.3 Å². The molecule has 5 nitrogen and oxygen atoms in total. The van der Waals surface area contributed by atoms with E-state index < -0.39 is 35.4 Å². The minimum Gasteiger partial charge on any atom is -0.330 e. The van der Waals surface area contributed by atoms with Gasteiger partial charge in [0.2, 0.25) is 11.8 Å². The van der Waals surface area contributed by atoms with Crippen LogP contribution in [0.4, 0.5) is 18.9 Å². The van der Waals surface area contributed by atoms with Gasteiger partial charge in [-0.1, -0.05) is 0 Å². The molecule has 4 N–H and O–H groups in total. The van der Waals surface area contributed by atoms with Gasteiger partial charge in [-0.05, 0) is 24.3 Å². The second kappa shape index (κ2) is 5.45. The number of carbonyl (C=O) groups excluding carboxylic acids is 2. The molecule has 1 saturated heterocycles. The van der Waals surface area contributed by atoms with Gasteiger partial charge in [0.25, 0.3) is 0 Å². The van der Waals surface area contributed by atoms with Crippen molar-refractivity contribution in [2.45, 2.75) is 6.18 Å². The quantitative estimate of drug-likeness (QED) is 0.805. The lowest BCUT2D eigenvalue weighted by Crippen LogP contribution is -2.32. The Hall–Kier alpha value is -1.93. The largest absolute Gasteiger partial charge is 0.416 e. The summed E-state index contributed by atoms with van der Waals surface area (Å²) in [4.78, 5) is 25.1. The highest BCUT2D eigenvalue weighted by molar-refractivity contribution is 6.22. The molecule has 0 radical (unpaired) electrons. The van der Waals surface area contributed by atoms with Gasteiger partial charge in [-0.3, -0.25) is 9.59 Å². The number of rotatable bonds is 3. The van der Waals surface area contributed by atoms with Gasteiger partial charge in [0.15, 0.2) is 0 Å². The summed E-state index contributed by atoms with van der Waals surface area (Å²) in [7, 11) is 0. The summed E-state index contributed by atoms with van der Waals surface area (Å²) in [6.45, 7) is -0.0762. The standard InChI is InChI=1S/C13H14F3N3O2/c14-13(15,16)7-1-3-8(4-2-7)19-11(20)9(5-17)10(6-18)12(19)21/h1-4,9-10H,5-6,17-18H2. The molecular weight excluding hydrogens is 287 g/mol. The van der Waals surface area contributed by atoms with Crippen molar-refractivity contribution in [3.8, 4) is 0 Å². The minimum absolute atomic E-state index is 0.0381. The Bertz CT molecular complexity index is 535. The van der Waals surface area contributed by atoms with E-state index in [9.17, 15) is 22.8 Å². The number of hydrogen-bond donors (Lipinski definition) is 2. The average molecular weight is 301 g/mol. The molecule has 0 aliphatic carbocycles. The third kappa shape index (κ3) is 2.64. The number of amides is 2. The number of halogens is 3. The lowest BCUT2D eigenvalue weighted by Gasteiger charge is -2.16. The van der Waals surface area contributed by atoms with E-state index in [0.29, 0.717) is 0 Å². The second-order valence-electron chi connectivity index (χ2n) is 4.74. The second-order valence-corrected chi connectivity index (χ2v) is 4.74. The molecule has 2 atom stereocenters. The molecule has 0 aromatic heterocycles. The number of hydrogen-bond acceptors (Lipinski definition) is 4. The maximum Gasteiger partial charge on any atom is 0.416 e. The first-order valence-corrected chi connectivity index (χ1v) is 6.26. The first-order chi connectivity index (χ1) is 9.81. The zero-order chi connectivity index (χ0) is 15.8. The van der Waals surface area contributed by atoms with E-state index in [1.54, 1.807) is 0 Å². The minimum atomic E-state index is -4.48. The number of anilines is 1. The molecular formula is C13H14F3N3O2. The van der Waals surface area contributed by atoms with Crippen molar-refractivity contribution in [1.29, 1.82) is 0 Å². The summed E-state index contributed by atoms with van der Waals surface area (Å²) >= 11 is 0. The molecule has 21 heavy (non-hydrogen) atoms. The molecule has 1 aliphatic rings. The van der Waals surface area contributed by atoms with E-state index in [1.165, 1.54) is 0 Å². The summed E-state index contributed by atoms with van der Waals surface area (Å²) in [5, 5.41) is 0. The van der Waals surface area contributed by atoms with Gasteiger partial charge < -0.3 is 11.5 Å². The van der Waals surface area contributed by atoms with Crippen LogP contribution >= 0.6 is 0 Å². The van der Waals surface area contributed by atoms with E-state index in [4.69, 9.17) is 11.5 Å². The van der Waals surface area contributed by atoms with Crippen LogP contribution in [0.1, 0.15) is 5.56 Å². The molecule has 114 valence electrons. The molecule has 0 saturated carbocycles. The highest BCUT2D eigenvalue weighted by Crippen LogP contribution is 2.33. The van der Waals surface area contributed by atoms with Crippen molar-refractivity contribution < 1.29 is 22.8 Å². The normalized spacial score (nSPS) is 23.0. The average Bonchev–Trinajstić information content (AvgIpc) is 2.68. The molecule has 1 aliphatic heterocycles. The van der Waals surface area contributed by atoms with Gasteiger partial charge in [0.1, 0.15) is 0 Å². The van der Waals surface area contributed by atoms with E-state index >= 15 is 0 Å². The lowest BCUT2D eigenvalue weighted by atomic mass is 9.95. The maximum atomic E-state index is 12.5. The Morgan fingerprint density at radius 2 is 1.38 bits per heavy atom. The Morgan fingerprint density at radius 3 is 1.71 bits per heavy atom. The summed E-state index contributed by atoms with van der Waals surface area (Å²) in [5.74, 6) is -2.52. The van der Waals surface area contributed by atoms with Crippen LogP contribution in [0.25, 0.3) is 0 Å². The van der Waals surface area contributed by atoms with Crippen LogP contribution in [0.3, 0.4) is 0 Å². The van der Waals surface area contributed by atoms with Crippen LogP contribution in [0.2, 0.25) is 0 Å². The molecule has 0 spiro atoms. The smallest absolute Gasteiger partial charge is 0.330 e. The van der Waals surface area contributed by atoms with Crippen LogP contribution in [0, 0.1) is 11.8 Å². The Labute approximate surface area is 118 Å². The van der Waals surface area contributed by atoms with Crippen LogP contribution in [-0.2, 0) is 15.8 Å². The molecule has 2 unspecified atom stereocenters. The van der Waals surface area contributed by atoms with Crippen molar-refractivity contribution >= 4 is 17.5 Å². The van der Waals surface area contributed by atoms with Gasteiger partial charge in [-0.2, -0.15) is 13.2 Å². The molecule has 2 amide bonds. The zero-order valence-electron chi connectivity index (χ0n) is 10.9. The Kier molecular flexibility index (Phi) is 4.02. The van der Waals surface area contributed by atoms with Crippen LogP contribution in [0.15, 0.2) is 24.3 Å². The third-order valence-corrected chi connectivity index (χ3v) is 3.52. The number of nitrogens with zero attached hydrogens (tertiary/aromatic N) is 1. The van der Waals surface area contributed by atoms with Crippen molar-refractivity contribution in [2.75, 3.05) is 18.0 Å². The van der Waals surface area contributed by atoms with Gasteiger partial charge in [0.05, 0.1) is 23.1 Å². The predicted octanol–water partition coefficient (Wildman–Crippen LogP) is 0.728. The summed E-state index contributed by atoms with van der Waals surface area (Å²) < 4.78 is 37.5. The first kappa shape index (κ1) is 15.5. The lowest BCUT2D eigenvalue weighted by molar-refractivity contribution is -0.137. The molecule has 8 heteroatoms. The first-order valence-electron chi connectivity index (χ1n) is 6.26. The van der Waals surface area contributed by atoms with Gasteiger partial charge >= 0.3 is 6.18 Å². The highest BCUT2D eigenvalue weighted by Gasteiger charge is 2.46. The van der Waals surface area contributed by atoms with Crippen LogP contribution in [0.5, 0.6) is 0 Å². The van der Waals surface area contributed by atoms with E-state index in [0.717, 1.165) is 29.2 Å². The number of alkyl halides is 3. The summed E-state index contributed by atoms with van der Waals surface area (Å²) in [5.41, 5.74) is 10.2. The summed E-state index contributed by atoms with van der Waals surface area (Å²) in [6.07, 6.45) is -4.48. The topological polar surface area (TPSA) is 89.4 Å². The van der Waals surface area contributed by atoms with E-state index in [2.05, 4.69) is 0 Å². The molecule has 1 aromatic carbocycles. The fraction of sp³-hybridized carbons (Fsp3) is 0.385. The Balaban J connectivity index is 2.34. The fourth-order valence-electron chi connectivity index (χ4n) is 2.37. The van der Waals surface area contributed by atoms with Crippen LogP contribution in [-0.4, -0.2) is 24.9 Å². The predicted molar refractivity (Wildman–Crippen MR) is 69.0 cm³/mol. The number of benzene rings is 1. The molecule has 1 fully saturated rings. The van der Waals surface area contributed by atoms with Crippen molar-refractivity contribution in [3.05, 3.63) is 29.8 Å². The molecule has 1 aromatic rings. The third-order valence-electron chi connectivity index (χ3n) is 3.52. The molecule has 1 heterocycles. The van der Waals surface area contributed by atoms with E-state index in [1.807, 2.05) is 0 Å². The van der Waals surface area contributed by atoms with Crippen LogP contribution < -0.4 is 16.4 Å². The van der Waals surface area contributed by atoms with Gasteiger partial charge in [-0.15, -0.1) is 0 Å². The fourth-order valence-corrected chi connectivity index (χ4v) is 2.37. The number of imide groups is 1. The van der Waals surface area contributed by atoms with Gasteiger partial charge in [0, 0.05) is 13.1 Å². The highest BCUT2D eigenvalue weighted by atomic mass is 19.4. The number of carbonyl (C=O) groups is 2. The number of nitrogens with two attached hydrogens (primary N) is 2. The van der Waals surface area contributed by atoms with Crippen molar-refractivity contribution in [3.63, 3.8) is 0 Å². The SMILES string of the molecule is NCC1C(=O)N(c2ccc(C(F)(F)F)cc2)C(=O)C1CN. The maximum absolute atomic E-state index is 12.5. The monoisotopic (exact) mass is 301 g/mol. The zero-order valence-corrected chi connectivity index (χ0v) is 10.9.